The first-order chi connectivity index (χ1) is 15.8. The Bertz CT molecular complexity index is 1290. The number of aryl methyl sites for hydroxylation is 2. The van der Waals surface area contributed by atoms with E-state index in [4.69, 9.17) is 9.26 Å². The Morgan fingerprint density at radius 1 is 1.09 bits per heavy atom. The molecular formula is C24H22F3N3O3. The molecule has 0 aliphatic heterocycles. The van der Waals surface area contributed by atoms with Crippen LogP contribution in [-0.2, 0) is 28.7 Å². The summed E-state index contributed by atoms with van der Waals surface area (Å²) < 4.78 is 51.8. The van der Waals surface area contributed by atoms with Crippen LogP contribution in [0.15, 0.2) is 53.2 Å². The normalized spacial score (nSPS) is 11.8. The maximum atomic E-state index is 13.2. The number of carbonyl (C=O) groups excluding carboxylic acids is 1. The van der Waals surface area contributed by atoms with Crippen molar-refractivity contribution in [3.05, 3.63) is 59.8 Å². The molecule has 0 aliphatic carbocycles. The molecule has 2 aromatic carbocycles. The summed E-state index contributed by atoms with van der Waals surface area (Å²) in [5.74, 6) is 0.245. The van der Waals surface area contributed by atoms with E-state index >= 15 is 0 Å². The second-order valence-corrected chi connectivity index (χ2v) is 7.48. The van der Waals surface area contributed by atoms with Gasteiger partial charge in [0.2, 0.25) is 5.82 Å². The number of ether oxygens (including phenoxy) is 1. The zero-order valence-electron chi connectivity index (χ0n) is 18.1. The smallest absolute Gasteiger partial charge is 0.416 e. The number of rotatable bonds is 7. The number of hydrogen-bond acceptors (Lipinski definition) is 5. The number of nitrogens with zero attached hydrogens (tertiary/aromatic N) is 3. The highest BCUT2D eigenvalue weighted by Crippen LogP contribution is 2.35. The maximum absolute atomic E-state index is 13.2. The van der Waals surface area contributed by atoms with Gasteiger partial charge in [-0.3, -0.25) is 4.79 Å². The second kappa shape index (κ2) is 9.09. The lowest BCUT2D eigenvalue weighted by atomic mass is 10.0. The lowest BCUT2D eigenvalue weighted by Gasteiger charge is -2.12. The fraction of sp³-hybridized carbons (Fsp3) is 0.292. The average Bonchev–Trinajstić information content (AvgIpc) is 3.44. The van der Waals surface area contributed by atoms with Crippen molar-refractivity contribution in [1.82, 2.24) is 14.7 Å². The van der Waals surface area contributed by atoms with Gasteiger partial charge in [-0.15, -0.1) is 0 Å². The van der Waals surface area contributed by atoms with Gasteiger partial charge in [0.15, 0.2) is 0 Å². The Balaban J connectivity index is 1.57. The minimum Gasteiger partial charge on any atom is -0.466 e. The van der Waals surface area contributed by atoms with Crippen LogP contribution in [0.4, 0.5) is 13.2 Å². The van der Waals surface area contributed by atoms with E-state index in [0.29, 0.717) is 30.1 Å². The van der Waals surface area contributed by atoms with Crippen LogP contribution >= 0.6 is 0 Å². The van der Waals surface area contributed by atoms with Crippen molar-refractivity contribution in [3.63, 3.8) is 0 Å². The topological polar surface area (TPSA) is 70.2 Å². The summed E-state index contributed by atoms with van der Waals surface area (Å²) in [5.41, 5.74) is 1.60. The summed E-state index contributed by atoms with van der Waals surface area (Å²) in [5, 5.41) is 4.94. The van der Waals surface area contributed by atoms with Gasteiger partial charge in [-0.2, -0.15) is 18.2 Å². The number of fused-ring (bicyclic) bond motifs is 1. The van der Waals surface area contributed by atoms with Gasteiger partial charge < -0.3 is 13.8 Å². The Morgan fingerprint density at radius 2 is 1.88 bits per heavy atom. The molecule has 0 saturated heterocycles. The van der Waals surface area contributed by atoms with Gasteiger partial charge in [-0.25, -0.2) is 0 Å². The minimum atomic E-state index is -4.41. The molecule has 4 rings (SSSR count). The first-order valence-electron chi connectivity index (χ1n) is 10.6. The summed E-state index contributed by atoms with van der Waals surface area (Å²) in [6.45, 7) is 4.30. The number of alkyl halides is 3. The molecule has 9 heteroatoms. The molecule has 0 radical (unpaired) electrons. The number of halogens is 3. The molecule has 0 aliphatic rings. The Kier molecular flexibility index (Phi) is 6.22. The zero-order valence-corrected chi connectivity index (χ0v) is 18.1. The van der Waals surface area contributed by atoms with E-state index in [9.17, 15) is 18.0 Å². The van der Waals surface area contributed by atoms with Crippen LogP contribution in [0.25, 0.3) is 33.7 Å². The summed E-state index contributed by atoms with van der Waals surface area (Å²) in [7, 11) is 0. The monoisotopic (exact) mass is 457 g/mol. The quantitative estimate of drug-likeness (QED) is 0.324. The molecular weight excluding hydrogens is 435 g/mol. The highest BCUT2D eigenvalue weighted by atomic mass is 19.4. The predicted octanol–water partition coefficient (Wildman–Crippen LogP) is 5.89. The van der Waals surface area contributed by atoms with Crippen LogP contribution in [0, 0.1) is 0 Å². The molecule has 4 aromatic rings. The van der Waals surface area contributed by atoms with Gasteiger partial charge in [0.05, 0.1) is 18.6 Å². The molecule has 0 bridgehead atoms. The molecule has 0 unspecified atom stereocenters. The van der Waals surface area contributed by atoms with E-state index in [0.717, 1.165) is 17.0 Å². The standard InChI is InChI=1S/C24H22F3N3O3/c1-3-15-13-18(5-7-19(15)24(25,26)27)23-28-22(29-33-23)17-6-8-20-16(14-17)9-11-30(20)12-10-21(31)32-4-2/h5-9,11,13-14H,3-4,10,12H2,1-2H3. The SMILES string of the molecule is CCOC(=O)CCn1ccc2cc(-c3noc(-c4ccc(C(F)(F)F)c(CC)c4)n3)ccc21. The molecule has 33 heavy (non-hydrogen) atoms. The molecule has 0 fully saturated rings. The third-order valence-electron chi connectivity index (χ3n) is 5.36. The lowest BCUT2D eigenvalue weighted by molar-refractivity contribution is -0.143. The summed E-state index contributed by atoms with van der Waals surface area (Å²) in [4.78, 5) is 16.0. The molecule has 0 saturated carbocycles. The molecule has 0 amide bonds. The van der Waals surface area contributed by atoms with E-state index in [2.05, 4.69) is 10.1 Å². The molecule has 0 spiro atoms. The van der Waals surface area contributed by atoms with Crippen LogP contribution < -0.4 is 0 Å². The van der Waals surface area contributed by atoms with E-state index in [1.165, 1.54) is 12.1 Å². The Hall–Kier alpha value is -3.62. The van der Waals surface area contributed by atoms with Crippen LogP contribution in [0.2, 0.25) is 0 Å². The van der Waals surface area contributed by atoms with Crippen molar-refractivity contribution in [2.24, 2.45) is 0 Å². The van der Waals surface area contributed by atoms with Gasteiger partial charge in [0.25, 0.3) is 5.89 Å². The van der Waals surface area contributed by atoms with Crippen molar-refractivity contribution in [3.8, 4) is 22.8 Å². The third kappa shape index (κ3) is 4.76. The van der Waals surface area contributed by atoms with E-state index in [1.807, 2.05) is 35.0 Å². The van der Waals surface area contributed by atoms with Crippen molar-refractivity contribution >= 4 is 16.9 Å². The van der Waals surface area contributed by atoms with Crippen LogP contribution in [0.3, 0.4) is 0 Å². The second-order valence-electron chi connectivity index (χ2n) is 7.48. The molecule has 0 N–H and O–H groups in total. The fourth-order valence-corrected chi connectivity index (χ4v) is 3.73. The Morgan fingerprint density at radius 3 is 2.61 bits per heavy atom. The molecule has 2 aromatic heterocycles. The van der Waals surface area contributed by atoms with Crippen LogP contribution in [0.1, 0.15) is 31.4 Å². The maximum Gasteiger partial charge on any atom is 0.416 e. The molecule has 6 nitrogen and oxygen atoms in total. The van der Waals surface area contributed by atoms with Crippen LogP contribution in [-0.4, -0.2) is 27.3 Å². The van der Waals surface area contributed by atoms with Crippen molar-refractivity contribution < 1.29 is 27.2 Å². The fourth-order valence-electron chi connectivity index (χ4n) is 3.73. The van der Waals surface area contributed by atoms with Crippen molar-refractivity contribution in [2.75, 3.05) is 6.61 Å². The predicted molar refractivity (Wildman–Crippen MR) is 116 cm³/mol. The van der Waals surface area contributed by atoms with Crippen molar-refractivity contribution in [2.45, 2.75) is 39.4 Å². The van der Waals surface area contributed by atoms with E-state index < -0.39 is 11.7 Å². The highest BCUT2D eigenvalue weighted by Gasteiger charge is 2.33. The summed E-state index contributed by atoms with van der Waals surface area (Å²) in [6.07, 6.45) is -2.01. The lowest BCUT2D eigenvalue weighted by Crippen LogP contribution is -2.08. The summed E-state index contributed by atoms with van der Waals surface area (Å²) >= 11 is 0. The average molecular weight is 457 g/mol. The van der Waals surface area contributed by atoms with E-state index in [-0.39, 0.29) is 30.3 Å². The number of carbonyl (C=O) groups is 1. The molecule has 172 valence electrons. The molecule has 2 heterocycles. The minimum absolute atomic E-state index is 0.153. The van der Waals surface area contributed by atoms with Gasteiger partial charge >= 0.3 is 12.1 Å². The van der Waals surface area contributed by atoms with Gasteiger partial charge in [-0.05, 0) is 61.4 Å². The largest absolute Gasteiger partial charge is 0.466 e. The van der Waals surface area contributed by atoms with E-state index in [1.54, 1.807) is 13.8 Å². The van der Waals surface area contributed by atoms with Crippen LogP contribution in [0.5, 0.6) is 0 Å². The number of esters is 1. The third-order valence-corrected chi connectivity index (χ3v) is 5.36. The zero-order chi connectivity index (χ0) is 23.6. The first-order valence-corrected chi connectivity index (χ1v) is 10.6. The number of hydrogen-bond donors (Lipinski definition) is 0. The van der Waals surface area contributed by atoms with Gasteiger partial charge in [0.1, 0.15) is 0 Å². The summed E-state index contributed by atoms with van der Waals surface area (Å²) in [6, 6.07) is 11.4. The highest BCUT2D eigenvalue weighted by molar-refractivity contribution is 5.85. The van der Waals surface area contributed by atoms with Crippen molar-refractivity contribution in [1.29, 1.82) is 0 Å². The number of aromatic nitrogens is 3. The van der Waals surface area contributed by atoms with Gasteiger partial charge in [0, 0.05) is 34.8 Å². The first kappa shape index (κ1) is 22.6. The Labute approximate surface area is 188 Å². The van der Waals surface area contributed by atoms with Gasteiger partial charge in [-0.1, -0.05) is 12.1 Å². The number of benzene rings is 2. The molecule has 0 atom stereocenters.